The van der Waals surface area contributed by atoms with E-state index < -0.39 is 5.60 Å². The Morgan fingerprint density at radius 2 is 2.00 bits per heavy atom. The summed E-state index contributed by atoms with van der Waals surface area (Å²) in [6.07, 6.45) is 5.29. The monoisotopic (exact) mass is 335 g/mol. The van der Waals surface area contributed by atoms with Gasteiger partial charge in [0.15, 0.2) is 0 Å². The maximum absolute atomic E-state index is 10.9. The number of nitrogens with two attached hydrogens (primary N) is 1. The number of aliphatic hydroxyl groups is 1. The summed E-state index contributed by atoms with van der Waals surface area (Å²) >= 11 is 12.3. The molecule has 1 aromatic rings. The van der Waals surface area contributed by atoms with E-state index in [-0.39, 0.29) is 18.4 Å². The van der Waals surface area contributed by atoms with Crippen LogP contribution in [0.5, 0.6) is 0 Å². The summed E-state index contributed by atoms with van der Waals surface area (Å²) in [6.45, 7) is 0.969. The molecule has 0 unspecified atom stereocenters. The van der Waals surface area contributed by atoms with E-state index in [2.05, 4.69) is 5.32 Å². The van der Waals surface area contributed by atoms with Gasteiger partial charge in [-0.2, -0.15) is 0 Å². The zero-order valence-electron chi connectivity index (χ0n) is 11.3. The van der Waals surface area contributed by atoms with Gasteiger partial charge in [0.25, 0.3) is 0 Å². The van der Waals surface area contributed by atoms with E-state index >= 15 is 0 Å². The first kappa shape index (κ1) is 16.4. The van der Waals surface area contributed by atoms with Crippen LogP contribution in [0.3, 0.4) is 0 Å². The first-order chi connectivity index (χ1) is 9.10. The molecule has 3 N–H and O–H groups in total. The molecule has 2 fully saturated rings. The number of hydrogen-bond donors (Lipinski definition) is 2. The molecule has 3 rings (SSSR count). The van der Waals surface area contributed by atoms with Gasteiger partial charge in [0.1, 0.15) is 6.04 Å². The van der Waals surface area contributed by atoms with Crippen LogP contribution in [0.25, 0.3) is 0 Å². The number of hydrogen-bond acceptors (Lipinski definition) is 1. The third kappa shape index (κ3) is 2.95. The van der Waals surface area contributed by atoms with Gasteiger partial charge in [0.2, 0.25) is 0 Å². The molecule has 0 bridgehead atoms. The van der Waals surface area contributed by atoms with Crippen molar-refractivity contribution in [3.8, 4) is 0 Å². The van der Waals surface area contributed by atoms with Crippen LogP contribution in [0.1, 0.15) is 43.7 Å². The van der Waals surface area contributed by atoms with Gasteiger partial charge in [-0.05, 0) is 25.0 Å². The highest BCUT2D eigenvalue weighted by Gasteiger charge is 2.48. The average molecular weight is 337 g/mol. The second-order valence-corrected chi connectivity index (χ2v) is 6.77. The van der Waals surface area contributed by atoms with Crippen molar-refractivity contribution in [2.24, 2.45) is 5.92 Å². The SMILES string of the molecule is O[C@]12CCCC[C@@H]1[C@@H](c1ccc(Cl)cc1Cl)[NH2+]CC2.[Cl-]. The third-order valence-electron chi connectivity index (χ3n) is 4.82. The van der Waals surface area contributed by atoms with Crippen LogP contribution in [0.15, 0.2) is 18.2 Å². The zero-order chi connectivity index (χ0) is 13.5. The van der Waals surface area contributed by atoms with Gasteiger partial charge in [-0.1, -0.05) is 42.1 Å². The highest BCUT2D eigenvalue weighted by atomic mass is 35.5. The van der Waals surface area contributed by atoms with Crippen LogP contribution >= 0.6 is 23.2 Å². The number of piperidine rings is 1. The topological polar surface area (TPSA) is 36.8 Å². The van der Waals surface area contributed by atoms with Crippen molar-refractivity contribution in [2.75, 3.05) is 6.54 Å². The molecule has 5 heteroatoms. The number of fused-ring (bicyclic) bond motifs is 1. The minimum atomic E-state index is -0.485. The number of benzene rings is 1. The molecule has 0 spiro atoms. The molecule has 0 amide bonds. The van der Waals surface area contributed by atoms with E-state index in [9.17, 15) is 5.11 Å². The molecular weight excluding hydrogens is 317 g/mol. The van der Waals surface area contributed by atoms with Crippen LogP contribution in [0.4, 0.5) is 0 Å². The van der Waals surface area contributed by atoms with Crippen molar-refractivity contribution in [1.82, 2.24) is 0 Å². The highest BCUT2D eigenvalue weighted by molar-refractivity contribution is 6.35. The molecule has 1 aliphatic heterocycles. The molecule has 1 heterocycles. The summed E-state index contributed by atoms with van der Waals surface area (Å²) in [6, 6.07) is 5.99. The lowest BCUT2D eigenvalue weighted by Crippen LogP contribution is -3.00. The molecular formula is C15H20Cl3NO. The molecule has 112 valence electrons. The predicted octanol–water partition coefficient (Wildman–Crippen LogP) is -0.0731. The third-order valence-corrected chi connectivity index (χ3v) is 5.38. The van der Waals surface area contributed by atoms with Crippen LogP contribution in [0.2, 0.25) is 10.0 Å². The molecule has 0 radical (unpaired) electrons. The Morgan fingerprint density at radius 3 is 2.75 bits per heavy atom. The molecule has 1 saturated carbocycles. The smallest absolute Gasteiger partial charge is 0.119 e. The lowest BCUT2D eigenvalue weighted by molar-refractivity contribution is -0.719. The van der Waals surface area contributed by atoms with Crippen molar-refractivity contribution < 1.29 is 22.8 Å². The summed E-state index contributed by atoms with van der Waals surface area (Å²) < 4.78 is 0. The molecule has 1 saturated heterocycles. The quantitative estimate of drug-likeness (QED) is 0.740. The van der Waals surface area contributed by atoms with Crippen LogP contribution in [-0.4, -0.2) is 17.3 Å². The Morgan fingerprint density at radius 1 is 1.20 bits per heavy atom. The Bertz CT molecular complexity index is 478. The Balaban J connectivity index is 0.00000147. The minimum Gasteiger partial charge on any atom is -1.00 e. The van der Waals surface area contributed by atoms with Crippen molar-refractivity contribution in [3.63, 3.8) is 0 Å². The van der Waals surface area contributed by atoms with Crippen molar-refractivity contribution in [3.05, 3.63) is 33.8 Å². The van der Waals surface area contributed by atoms with Gasteiger partial charge in [-0.3, -0.25) is 0 Å². The first-order valence-corrected chi connectivity index (χ1v) is 7.86. The molecule has 1 aliphatic carbocycles. The van der Waals surface area contributed by atoms with E-state index in [0.717, 1.165) is 42.8 Å². The van der Waals surface area contributed by atoms with Gasteiger partial charge >= 0.3 is 0 Å². The summed E-state index contributed by atoms with van der Waals surface area (Å²) in [7, 11) is 0. The highest BCUT2D eigenvalue weighted by Crippen LogP contribution is 2.44. The van der Waals surface area contributed by atoms with Gasteiger partial charge < -0.3 is 22.8 Å². The van der Waals surface area contributed by atoms with E-state index in [4.69, 9.17) is 23.2 Å². The average Bonchev–Trinajstić information content (AvgIpc) is 2.37. The molecule has 20 heavy (non-hydrogen) atoms. The molecule has 0 aromatic heterocycles. The summed E-state index contributed by atoms with van der Waals surface area (Å²) in [5, 5.41) is 14.6. The standard InChI is InChI=1S/C15H19Cl2NO.ClH/c16-10-4-5-11(13(17)9-10)14-12-3-1-2-6-15(12,19)7-8-18-14;/h4-5,9,12,14,18-19H,1-3,6-8H2;1H/t12-,14-,15+;/m1./s1. The van der Waals surface area contributed by atoms with Crippen LogP contribution < -0.4 is 17.7 Å². The molecule has 3 atom stereocenters. The van der Waals surface area contributed by atoms with Crippen molar-refractivity contribution >= 4 is 23.2 Å². The lowest BCUT2D eigenvalue weighted by atomic mass is 9.67. The normalized spacial score (nSPS) is 33.1. The molecule has 1 aromatic carbocycles. The number of rotatable bonds is 1. The minimum absolute atomic E-state index is 0. The fourth-order valence-corrected chi connectivity index (χ4v) is 4.40. The fraction of sp³-hybridized carbons (Fsp3) is 0.600. The Hall–Kier alpha value is 0.01000. The summed E-state index contributed by atoms with van der Waals surface area (Å²) in [4.78, 5) is 0. The number of halogens is 3. The summed E-state index contributed by atoms with van der Waals surface area (Å²) in [5.74, 6) is 0.314. The second kappa shape index (κ2) is 6.41. The van der Waals surface area contributed by atoms with Crippen LogP contribution in [-0.2, 0) is 0 Å². The van der Waals surface area contributed by atoms with Crippen molar-refractivity contribution in [1.29, 1.82) is 0 Å². The largest absolute Gasteiger partial charge is 1.00 e. The second-order valence-electron chi connectivity index (χ2n) is 5.92. The van der Waals surface area contributed by atoms with Gasteiger partial charge in [-0.15, -0.1) is 0 Å². The lowest BCUT2D eigenvalue weighted by Gasteiger charge is -2.46. The fourth-order valence-electron chi connectivity index (χ4n) is 3.87. The Labute approximate surface area is 136 Å². The van der Waals surface area contributed by atoms with Crippen LogP contribution in [0, 0.1) is 5.92 Å². The van der Waals surface area contributed by atoms with Gasteiger partial charge in [0, 0.05) is 22.9 Å². The zero-order valence-corrected chi connectivity index (χ0v) is 13.6. The maximum Gasteiger partial charge on any atom is 0.119 e. The number of quaternary nitrogens is 1. The van der Waals surface area contributed by atoms with E-state index in [1.54, 1.807) is 0 Å². The first-order valence-electron chi connectivity index (χ1n) is 7.11. The summed E-state index contributed by atoms with van der Waals surface area (Å²) in [5.41, 5.74) is 0.636. The molecule has 2 aliphatic rings. The van der Waals surface area contributed by atoms with E-state index in [1.165, 1.54) is 6.42 Å². The van der Waals surface area contributed by atoms with E-state index in [0.29, 0.717) is 10.9 Å². The van der Waals surface area contributed by atoms with E-state index in [1.807, 2.05) is 18.2 Å². The predicted molar refractivity (Wildman–Crippen MR) is 77.5 cm³/mol. The van der Waals surface area contributed by atoms with Gasteiger partial charge in [-0.25, -0.2) is 0 Å². The molecule has 2 nitrogen and oxygen atoms in total. The maximum atomic E-state index is 10.9. The van der Waals surface area contributed by atoms with Gasteiger partial charge in [0.05, 0.1) is 17.2 Å². The van der Waals surface area contributed by atoms with Crippen molar-refractivity contribution in [2.45, 2.75) is 43.7 Å². The Kier molecular flexibility index (Phi) is 5.25.